The van der Waals surface area contributed by atoms with Gasteiger partial charge in [-0.25, -0.2) is 4.98 Å². The third kappa shape index (κ3) is 3.67. The van der Waals surface area contributed by atoms with Crippen LogP contribution in [0.5, 0.6) is 0 Å². The molecule has 4 rings (SSSR count). The van der Waals surface area contributed by atoms with Gasteiger partial charge in [0.1, 0.15) is 6.04 Å². The molecule has 0 saturated carbocycles. The molecule has 2 heterocycles. The first-order valence-electron chi connectivity index (χ1n) is 9.37. The fourth-order valence-corrected chi connectivity index (χ4v) is 3.45. The molecule has 0 radical (unpaired) electrons. The van der Waals surface area contributed by atoms with E-state index in [4.69, 9.17) is 0 Å². The molecule has 0 spiro atoms. The zero-order valence-corrected chi connectivity index (χ0v) is 15.7. The quantitative estimate of drug-likeness (QED) is 0.746. The molecule has 1 unspecified atom stereocenters. The number of aromatic nitrogens is 2. The highest BCUT2D eigenvalue weighted by molar-refractivity contribution is 5.97. The summed E-state index contributed by atoms with van der Waals surface area (Å²) in [5.74, 6) is -0.0223. The van der Waals surface area contributed by atoms with Gasteiger partial charge in [-0.05, 0) is 42.7 Å². The van der Waals surface area contributed by atoms with Gasteiger partial charge in [-0.2, -0.15) is 0 Å². The third-order valence-electron chi connectivity index (χ3n) is 5.12. The van der Waals surface area contributed by atoms with E-state index in [9.17, 15) is 9.59 Å². The number of fused-ring (bicyclic) bond motifs is 1. The summed E-state index contributed by atoms with van der Waals surface area (Å²) in [6.07, 6.45) is 6.27. The predicted molar refractivity (Wildman–Crippen MR) is 108 cm³/mol. The van der Waals surface area contributed by atoms with Crippen LogP contribution in [0.2, 0.25) is 0 Å². The third-order valence-corrected chi connectivity index (χ3v) is 5.12. The van der Waals surface area contributed by atoms with E-state index in [2.05, 4.69) is 16.4 Å². The summed E-state index contributed by atoms with van der Waals surface area (Å²) in [5, 5.41) is 2.90. The Bertz CT molecular complexity index is 980. The Kier molecular flexibility index (Phi) is 4.93. The summed E-state index contributed by atoms with van der Waals surface area (Å²) in [6.45, 7) is 2.55. The number of carbonyl (C=O) groups excluding carboxylic acids is 2. The minimum atomic E-state index is -0.348. The lowest BCUT2D eigenvalue weighted by atomic mass is 10.1. The molecule has 1 atom stereocenters. The number of rotatable bonds is 5. The second-order valence-corrected chi connectivity index (χ2v) is 6.97. The van der Waals surface area contributed by atoms with Crippen molar-refractivity contribution < 1.29 is 9.59 Å². The molecule has 0 saturated heterocycles. The first kappa shape index (κ1) is 18.0. The summed E-state index contributed by atoms with van der Waals surface area (Å²) in [4.78, 5) is 30.9. The fourth-order valence-electron chi connectivity index (χ4n) is 3.45. The van der Waals surface area contributed by atoms with E-state index in [-0.39, 0.29) is 17.9 Å². The normalized spacial score (nSPS) is 13.8. The number of benzene rings is 2. The van der Waals surface area contributed by atoms with Crippen LogP contribution in [0.15, 0.2) is 67.3 Å². The molecule has 6 nitrogen and oxygen atoms in total. The van der Waals surface area contributed by atoms with Crippen LogP contribution in [0.4, 0.5) is 11.4 Å². The lowest BCUT2D eigenvalue weighted by Gasteiger charge is -2.17. The van der Waals surface area contributed by atoms with Crippen LogP contribution in [-0.4, -0.2) is 27.9 Å². The lowest BCUT2D eigenvalue weighted by molar-refractivity contribution is -0.119. The van der Waals surface area contributed by atoms with Gasteiger partial charge >= 0.3 is 0 Å². The molecule has 3 aromatic rings. The molecule has 28 heavy (non-hydrogen) atoms. The minimum absolute atomic E-state index is 0.0930. The molecule has 1 aromatic heterocycles. The Morgan fingerprint density at radius 1 is 1.14 bits per heavy atom. The lowest BCUT2D eigenvalue weighted by Crippen LogP contribution is -2.30. The van der Waals surface area contributed by atoms with Gasteiger partial charge in [0.05, 0.1) is 12.7 Å². The summed E-state index contributed by atoms with van der Waals surface area (Å²) in [6, 6.07) is 15.1. The minimum Gasteiger partial charge on any atom is -0.325 e. The van der Waals surface area contributed by atoms with E-state index < -0.39 is 0 Å². The van der Waals surface area contributed by atoms with Gasteiger partial charge in [-0.1, -0.05) is 30.3 Å². The van der Waals surface area contributed by atoms with E-state index in [1.54, 1.807) is 23.3 Å². The molecule has 1 aliphatic rings. The van der Waals surface area contributed by atoms with Crippen molar-refractivity contribution in [3.63, 3.8) is 0 Å². The predicted octanol–water partition coefficient (Wildman–Crippen LogP) is 3.21. The number of nitrogens with one attached hydrogen (secondary N) is 1. The van der Waals surface area contributed by atoms with Crippen molar-refractivity contribution in [2.75, 3.05) is 16.8 Å². The van der Waals surface area contributed by atoms with Gasteiger partial charge in [0.15, 0.2) is 0 Å². The van der Waals surface area contributed by atoms with Gasteiger partial charge in [0.2, 0.25) is 11.8 Å². The number of nitrogens with zero attached hydrogens (tertiary/aromatic N) is 3. The second-order valence-electron chi connectivity index (χ2n) is 6.97. The average Bonchev–Trinajstić information content (AvgIpc) is 3.39. The maximum absolute atomic E-state index is 12.7. The highest BCUT2D eigenvalue weighted by atomic mass is 16.2. The number of hydrogen-bond acceptors (Lipinski definition) is 3. The van der Waals surface area contributed by atoms with Gasteiger partial charge in [0.25, 0.3) is 0 Å². The number of amides is 2. The molecule has 142 valence electrons. The summed E-state index contributed by atoms with van der Waals surface area (Å²) < 4.78 is 1.75. The molecule has 0 fully saturated rings. The second kappa shape index (κ2) is 7.68. The topological polar surface area (TPSA) is 67.2 Å². The number of para-hydroxylation sites is 1. The Balaban J connectivity index is 1.37. The number of hydrogen-bond donors (Lipinski definition) is 1. The first-order chi connectivity index (χ1) is 13.6. The van der Waals surface area contributed by atoms with Gasteiger partial charge in [0, 0.05) is 30.3 Å². The molecule has 1 aliphatic heterocycles. The standard InChI is InChI=1S/C22H22N4O2/c1-16(25-13-11-23-15-25)22(28)24-19-8-6-17(7-9-19)14-21(27)26-12-10-18-4-2-3-5-20(18)26/h2-9,11,13,15-16H,10,12,14H2,1H3,(H,24,28). The Morgan fingerprint density at radius 2 is 1.93 bits per heavy atom. The van der Waals surface area contributed by atoms with Gasteiger partial charge < -0.3 is 14.8 Å². The van der Waals surface area contributed by atoms with Gasteiger partial charge in [-0.15, -0.1) is 0 Å². The molecule has 2 amide bonds. The van der Waals surface area contributed by atoms with Crippen molar-refractivity contribution in [1.29, 1.82) is 0 Å². The van der Waals surface area contributed by atoms with Crippen LogP contribution < -0.4 is 10.2 Å². The van der Waals surface area contributed by atoms with Crippen LogP contribution in [0.25, 0.3) is 0 Å². The number of anilines is 2. The molecular weight excluding hydrogens is 352 g/mol. The van der Waals surface area contributed by atoms with Crippen LogP contribution in [0.1, 0.15) is 24.1 Å². The van der Waals surface area contributed by atoms with Crippen LogP contribution in [-0.2, 0) is 22.4 Å². The van der Waals surface area contributed by atoms with E-state index in [0.717, 1.165) is 24.2 Å². The highest BCUT2D eigenvalue weighted by Crippen LogP contribution is 2.28. The summed E-state index contributed by atoms with van der Waals surface area (Å²) >= 11 is 0. The van der Waals surface area contributed by atoms with Crippen LogP contribution in [0, 0.1) is 0 Å². The molecular formula is C22H22N4O2. The summed E-state index contributed by atoms with van der Waals surface area (Å²) in [7, 11) is 0. The largest absolute Gasteiger partial charge is 0.325 e. The molecule has 1 N–H and O–H groups in total. The van der Waals surface area contributed by atoms with Crippen molar-refractivity contribution in [3.05, 3.63) is 78.4 Å². The zero-order valence-electron chi connectivity index (χ0n) is 15.7. The van der Waals surface area contributed by atoms with E-state index >= 15 is 0 Å². The molecule has 0 aliphatic carbocycles. The first-order valence-corrected chi connectivity index (χ1v) is 9.37. The number of carbonyl (C=O) groups is 2. The Morgan fingerprint density at radius 3 is 2.68 bits per heavy atom. The van der Waals surface area contributed by atoms with Crippen molar-refractivity contribution in [2.24, 2.45) is 0 Å². The average molecular weight is 374 g/mol. The Hall–Kier alpha value is -3.41. The van der Waals surface area contributed by atoms with Crippen molar-refractivity contribution in [2.45, 2.75) is 25.8 Å². The zero-order chi connectivity index (χ0) is 19.5. The van der Waals surface area contributed by atoms with Gasteiger partial charge in [-0.3, -0.25) is 9.59 Å². The summed E-state index contributed by atoms with van der Waals surface area (Å²) in [5.41, 5.74) is 3.88. The van der Waals surface area contributed by atoms with E-state index in [1.165, 1.54) is 5.56 Å². The van der Waals surface area contributed by atoms with Crippen LogP contribution in [0.3, 0.4) is 0 Å². The van der Waals surface area contributed by atoms with Crippen molar-refractivity contribution in [1.82, 2.24) is 9.55 Å². The molecule has 2 aromatic carbocycles. The van der Waals surface area contributed by atoms with Crippen molar-refractivity contribution in [3.8, 4) is 0 Å². The monoisotopic (exact) mass is 374 g/mol. The molecule has 0 bridgehead atoms. The number of imidazole rings is 1. The van der Waals surface area contributed by atoms with Crippen LogP contribution >= 0.6 is 0 Å². The van der Waals surface area contributed by atoms with Crippen molar-refractivity contribution >= 4 is 23.2 Å². The van der Waals surface area contributed by atoms with E-state index in [0.29, 0.717) is 12.1 Å². The fraction of sp³-hybridized carbons (Fsp3) is 0.227. The molecule has 6 heteroatoms. The highest BCUT2D eigenvalue weighted by Gasteiger charge is 2.24. The van der Waals surface area contributed by atoms with E-state index in [1.807, 2.05) is 54.3 Å². The smallest absolute Gasteiger partial charge is 0.247 e. The maximum Gasteiger partial charge on any atom is 0.247 e. The Labute approximate surface area is 163 Å². The maximum atomic E-state index is 12.7. The SMILES string of the molecule is CC(C(=O)Nc1ccc(CC(=O)N2CCc3ccccc32)cc1)n1ccnc1.